The van der Waals surface area contributed by atoms with E-state index in [-0.39, 0.29) is 35.2 Å². The molecule has 516 valence electrons. The number of hydrogen-bond acceptors (Lipinski definition) is 10. The number of likely N-dealkylation sites (tertiary alicyclic amines) is 2. The SMILES string of the molecule is CC(=O)C(C)C.CC(C)C.CC(C)C(=O)CN(C)C.CC(C)C(=O)CN1CCCCC1.CC(C)C(=O)C[NH3+].CC(C)CCN(C)C.CC(C)CCN1CCCCC1.CC(C)CCO.CC(C)CC[NH3+].CCC.CCC(C)C.COCCC(C)C. The lowest BCUT2D eigenvalue weighted by molar-refractivity contribution is -0.369. The number of hydrogen-bond donors (Lipinski definition) is 3. The van der Waals surface area contributed by atoms with Crippen molar-refractivity contribution in [1.82, 2.24) is 19.6 Å². The Kier molecular flexibility index (Phi) is 98.4. The number of aliphatic hydroxyl groups is 1. The van der Waals surface area contributed by atoms with E-state index in [1.54, 1.807) is 14.0 Å². The van der Waals surface area contributed by atoms with E-state index >= 15 is 0 Å². The van der Waals surface area contributed by atoms with Gasteiger partial charge in [-0.1, -0.05) is 206 Å². The molecule has 0 spiro atoms. The summed E-state index contributed by atoms with van der Waals surface area (Å²) in [5.41, 5.74) is 7.18. The van der Waals surface area contributed by atoms with Crippen LogP contribution in [0.1, 0.15) is 270 Å². The molecular weight excluding hydrogens is 1040 g/mol. The highest BCUT2D eigenvalue weighted by Gasteiger charge is 2.15. The summed E-state index contributed by atoms with van der Waals surface area (Å²) in [6, 6.07) is 0. The van der Waals surface area contributed by atoms with E-state index in [1.165, 1.54) is 103 Å². The highest BCUT2D eigenvalue weighted by Crippen LogP contribution is 2.11. The molecule has 2 heterocycles. The number of likely N-dealkylation sites (N-methyl/N-ethyl adjacent to an activating group) is 1. The van der Waals surface area contributed by atoms with Crippen molar-refractivity contribution in [2.75, 3.05) is 114 Å². The van der Waals surface area contributed by atoms with E-state index < -0.39 is 0 Å². The Morgan fingerprint density at radius 3 is 0.964 bits per heavy atom. The van der Waals surface area contributed by atoms with E-state index in [2.05, 4.69) is 165 Å². The number of aliphatic hydroxyl groups excluding tert-OH is 1. The molecule has 0 aromatic heterocycles. The molecule has 0 aromatic carbocycles. The van der Waals surface area contributed by atoms with Gasteiger partial charge in [-0.2, -0.15) is 0 Å². The molecule has 2 fully saturated rings. The fourth-order valence-electron chi connectivity index (χ4n) is 5.46. The third kappa shape index (κ3) is 130. The van der Waals surface area contributed by atoms with Gasteiger partial charge in [-0.3, -0.25) is 24.1 Å². The number of nitrogens with zero attached hydrogens (tertiary/aromatic N) is 4. The van der Waals surface area contributed by atoms with E-state index in [0.29, 0.717) is 43.7 Å². The molecule has 12 heteroatoms. The predicted molar refractivity (Wildman–Crippen MR) is 376 cm³/mol. The molecule has 7 N–H and O–H groups in total. The molecule has 2 rings (SSSR count). The summed E-state index contributed by atoms with van der Waals surface area (Å²) in [5.74, 6) is 7.63. The first-order chi connectivity index (χ1) is 38.7. The summed E-state index contributed by atoms with van der Waals surface area (Å²) < 4.78 is 4.85. The van der Waals surface area contributed by atoms with E-state index in [1.807, 2.05) is 74.4 Å². The molecular formula is C72H164N6O6+2. The van der Waals surface area contributed by atoms with Gasteiger partial charge in [0.1, 0.15) is 23.9 Å². The van der Waals surface area contributed by atoms with Gasteiger partial charge < -0.3 is 36.0 Å². The Hall–Kier alpha value is -1.64. The van der Waals surface area contributed by atoms with Crippen molar-refractivity contribution < 1.29 is 40.5 Å². The Morgan fingerprint density at radius 1 is 0.476 bits per heavy atom. The second-order valence-corrected chi connectivity index (χ2v) is 27.9. The number of methoxy groups -OCH3 is 1. The first-order valence-electron chi connectivity index (χ1n) is 34.2. The minimum Gasteiger partial charge on any atom is -0.396 e. The highest BCUT2D eigenvalue weighted by molar-refractivity contribution is 5.82. The van der Waals surface area contributed by atoms with Crippen molar-refractivity contribution in [3.05, 3.63) is 0 Å². The number of ketones is 4. The average molecular weight is 1210 g/mol. The van der Waals surface area contributed by atoms with Gasteiger partial charge in [0.25, 0.3) is 0 Å². The number of rotatable bonds is 23. The third-order valence-electron chi connectivity index (χ3n) is 12.1. The molecule has 2 aliphatic heterocycles. The predicted octanol–water partition coefficient (Wildman–Crippen LogP) is 15.4. The van der Waals surface area contributed by atoms with Crippen LogP contribution in [0.15, 0.2) is 0 Å². The molecule has 0 aromatic rings. The fraction of sp³-hybridized carbons (Fsp3) is 0.944. The second-order valence-electron chi connectivity index (χ2n) is 27.9. The lowest BCUT2D eigenvalue weighted by Crippen LogP contribution is -2.55. The molecule has 0 saturated carbocycles. The zero-order chi connectivity index (χ0) is 68.4. The molecule has 84 heavy (non-hydrogen) atoms. The Labute approximate surface area is 530 Å². The lowest BCUT2D eigenvalue weighted by atomic mass is 10.1. The molecule has 2 saturated heterocycles. The minimum atomic E-state index is 0.164. The minimum absolute atomic E-state index is 0.164. The molecule has 12 nitrogen and oxygen atoms in total. The number of quaternary nitrogens is 2. The van der Waals surface area contributed by atoms with Gasteiger partial charge in [-0.15, -0.1) is 0 Å². The topological polar surface area (TPSA) is 166 Å². The van der Waals surface area contributed by atoms with Crippen LogP contribution in [0.5, 0.6) is 0 Å². The molecule has 0 unspecified atom stereocenters. The van der Waals surface area contributed by atoms with Crippen LogP contribution in [0.25, 0.3) is 0 Å². The summed E-state index contributed by atoms with van der Waals surface area (Å²) in [4.78, 5) is 51.9. The van der Waals surface area contributed by atoms with Gasteiger partial charge in [-0.05, 0) is 174 Å². The summed E-state index contributed by atoms with van der Waals surface area (Å²) in [6.45, 7) is 68.0. The summed E-state index contributed by atoms with van der Waals surface area (Å²) >= 11 is 0. The molecule has 0 aliphatic carbocycles. The van der Waals surface area contributed by atoms with Crippen molar-refractivity contribution in [2.45, 2.75) is 270 Å². The number of Topliss-reactive ketones (excluding diaryl/α,β-unsaturated/α-hetero) is 4. The van der Waals surface area contributed by atoms with Gasteiger partial charge in [0.05, 0.1) is 19.6 Å². The van der Waals surface area contributed by atoms with Crippen LogP contribution < -0.4 is 11.5 Å². The van der Waals surface area contributed by atoms with Gasteiger partial charge in [0.2, 0.25) is 0 Å². The van der Waals surface area contributed by atoms with Gasteiger partial charge in [0, 0.05) is 44.0 Å². The largest absolute Gasteiger partial charge is 0.396 e. The molecule has 0 atom stereocenters. The summed E-state index contributed by atoms with van der Waals surface area (Å²) in [6.07, 6.45) is 16.8. The third-order valence-corrected chi connectivity index (χ3v) is 12.1. The fourth-order valence-corrected chi connectivity index (χ4v) is 5.46. The first-order valence-corrected chi connectivity index (χ1v) is 34.2. The van der Waals surface area contributed by atoms with Crippen LogP contribution in [-0.2, 0) is 23.9 Å². The molecule has 2 aliphatic rings. The zero-order valence-electron chi connectivity index (χ0n) is 63.7. The van der Waals surface area contributed by atoms with Crippen molar-refractivity contribution >= 4 is 23.1 Å². The van der Waals surface area contributed by atoms with E-state index in [9.17, 15) is 19.2 Å². The van der Waals surface area contributed by atoms with Gasteiger partial charge in [-0.25, -0.2) is 0 Å². The summed E-state index contributed by atoms with van der Waals surface area (Å²) in [5, 5.41) is 8.24. The smallest absolute Gasteiger partial charge is 0.189 e. The maximum atomic E-state index is 11.4. The number of carbonyl (C=O) groups is 4. The van der Waals surface area contributed by atoms with Gasteiger partial charge >= 0.3 is 0 Å². The number of carbonyl (C=O) groups excluding carboxylic acids is 4. The van der Waals surface area contributed by atoms with Crippen LogP contribution >= 0.6 is 0 Å². The first kappa shape index (κ1) is 104. The van der Waals surface area contributed by atoms with Crippen molar-refractivity contribution in [2.24, 2.45) is 65.1 Å². The van der Waals surface area contributed by atoms with Crippen LogP contribution in [0.2, 0.25) is 0 Å². The quantitative estimate of drug-likeness (QED) is 0.0896. The van der Waals surface area contributed by atoms with Crippen LogP contribution in [0.3, 0.4) is 0 Å². The van der Waals surface area contributed by atoms with Gasteiger partial charge in [0.15, 0.2) is 5.78 Å². The zero-order valence-corrected chi connectivity index (χ0v) is 63.7. The highest BCUT2D eigenvalue weighted by atomic mass is 16.5. The van der Waals surface area contributed by atoms with Crippen molar-refractivity contribution in [1.29, 1.82) is 0 Å². The van der Waals surface area contributed by atoms with Crippen molar-refractivity contribution in [3.8, 4) is 0 Å². The van der Waals surface area contributed by atoms with E-state index in [4.69, 9.17) is 9.84 Å². The maximum Gasteiger partial charge on any atom is 0.189 e. The molecule has 0 bridgehead atoms. The second kappa shape index (κ2) is 79.4. The lowest BCUT2D eigenvalue weighted by Gasteiger charge is -2.26. The Balaban J connectivity index is -0.0000000904. The Bertz CT molecular complexity index is 1240. The monoisotopic (exact) mass is 1210 g/mol. The average Bonchev–Trinajstić information content (AvgIpc) is 3.38. The van der Waals surface area contributed by atoms with E-state index in [0.717, 1.165) is 68.2 Å². The van der Waals surface area contributed by atoms with Crippen molar-refractivity contribution in [3.63, 3.8) is 0 Å². The standard InChI is InChI=1S/C10H19NO.C10H21N.C7H15NO.C7H17N.C6H14O.C5H11NO.C5H13N.C5H12O.C5H10O.C5H12.C4H10.C3H8/c1-9(2)10(12)8-11-6-4-3-5-7-11;1-10(2)6-9-11-7-4-3-5-8-11;1-6(2)7(9)5-8(3)4;1-7(2)5-6-8(3)4;1-6(2)4-5-7-3;1-4(2)5(7)3-6;2*1-5(2)3-4-6;1-4(2)5(3)6;1-4-5(2)3;1-4(2)3;1-3-2/h9H,3-8H2,1-2H3;10H,3-9H2,1-2H3;6H,5H2,1-4H3;7H,5-6H2,1-4H3;6H,4-5H2,1-3H3;4H,3,6H2,1-2H3;5H,3-4,6H2,1-2H3;5-6H,3-4H2,1-2H3;4H,1-3H3;5H,4H2,1-3H3;4H,1-3H3;3H2,1-2H3/p+2. The summed E-state index contributed by atoms with van der Waals surface area (Å²) in [7, 11) is 9.77. The Morgan fingerprint density at radius 2 is 0.810 bits per heavy atom. The molecule has 0 radical (unpaired) electrons. The van der Waals surface area contributed by atoms with Crippen LogP contribution in [0.4, 0.5) is 0 Å². The van der Waals surface area contributed by atoms with Crippen LogP contribution in [0, 0.1) is 65.1 Å². The normalized spacial score (nSPS) is 12.8. The molecule has 0 amide bonds. The van der Waals surface area contributed by atoms with Crippen LogP contribution in [-0.4, -0.2) is 162 Å². The number of piperidine rings is 2. The maximum absolute atomic E-state index is 11.4. The number of ether oxygens (including phenoxy) is 1.